The molecule has 0 radical (unpaired) electrons. The Kier molecular flexibility index (Phi) is 5.91. The molecule has 15 heavy (non-hydrogen) atoms. The molecule has 0 bridgehead atoms. The summed E-state index contributed by atoms with van der Waals surface area (Å²) in [4.78, 5) is 0. The summed E-state index contributed by atoms with van der Waals surface area (Å²) in [6, 6.07) is 0.303. The normalized spacial score (nSPS) is 19.9. The number of hydrazine groups is 1. The van der Waals surface area contributed by atoms with Gasteiger partial charge in [-0.2, -0.15) is 0 Å². The summed E-state index contributed by atoms with van der Waals surface area (Å²) >= 11 is 0. The van der Waals surface area contributed by atoms with Crippen molar-refractivity contribution in [3.63, 3.8) is 0 Å². The molecule has 0 amide bonds. The highest BCUT2D eigenvalue weighted by Gasteiger charge is 2.36. The van der Waals surface area contributed by atoms with Gasteiger partial charge < -0.3 is 4.74 Å². The van der Waals surface area contributed by atoms with Gasteiger partial charge in [-0.1, -0.05) is 6.08 Å². The van der Waals surface area contributed by atoms with E-state index in [9.17, 15) is 0 Å². The predicted octanol–water partition coefficient (Wildman–Crippen LogP) is 1.99. The molecular weight excluding hydrogens is 188 g/mol. The molecular formula is C12H24N2O. The van der Waals surface area contributed by atoms with Crippen molar-refractivity contribution in [2.24, 2.45) is 11.8 Å². The Morgan fingerprint density at radius 1 is 1.60 bits per heavy atom. The summed E-state index contributed by atoms with van der Waals surface area (Å²) in [5.74, 6) is 6.33. The molecule has 0 aromatic heterocycles. The number of hydrogen-bond acceptors (Lipinski definition) is 3. The van der Waals surface area contributed by atoms with Crippen molar-refractivity contribution in [3.8, 4) is 0 Å². The molecule has 1 aliphatic rings. The lowest BCUT2D eigenvalue weighted by Crippen LogP contribution is -2.46. The summed E-state index contributed by atoms with van der Waals surface area (Å²) in [5.41, 5.74) is 2.91. The van der Waals surface area contributed by atoms with E-state index in [1.165, 1.54) is 12.8 Å². The molecule has 3 N–H and O–H groups in total. The zero-order valence-electron chi connectivity index (χ0n) is 9.74. The second kappa shape index (κ2) is 6.99. The highest BCUT2D eigenvalue weighted by atomic mass is 16.5. The Balaban J connectivity index is 2.34. The Bertz CT molecular complexity index is 180. The van der Waals surface area contributed by atoms with Gasteiger partial charge in [0.2, 0.25) is 0 Å². The van der Waals surface area contributed by atoms with Crippen LogP contribution in [-0.2, 0) is 4.74 Å². The van der Waals surface area contributed by atoms with Crippen molar-refractivity contribution < 1.29 is 4.74 Å². The molecule has 0 aromatic rings. The van der Waals surface area contributed by atoms with Gasteiger partial charge in [0.15, 0.2) is 0 Å². The SMILES string of the molecule is C=CCCCC(NN)C(OCC)C1CC1. The molecule has 3 nitrogen and oxygen atoms in total. The quantitative estimate of drug-likeness (QED) is 0.266. The Hall–Kier alpha value is -0.380. The van der Waals surface area contributed by atoms with Crippen LogP contribution < -0.4 is 11.3 Å². The van der Waals surface area contributed by atoms with Gasteiger partial charge in [0, 0.05) is 12.6 Å². The summed E-state index contributed by atoms with van der Waals surface area (Å²) in [5, 5.41) is 0. The van der Waals surface area contributed by atoms with Gasteiger partial charge in [-0.25, -0.2) is 0 Å². The Morgan fingerprint density at radius 3 is 2.80 bits per heavy atom. The third-order valence-corrected chi connectivity index (χ3v) is 2.98. The lowest BCUT2D eigenvalue weighted by Gasteiger charge is -2.26. The van der Waals surface area contributed by atoms with Gasteiger partial charge in [0.25, 0.3) is 0 Å². The number of unbranched alkanes of at least 4 members (excludes halogenated alkanes) is 1. The first-order valence-corrected chi connectivity index (χ1v) is 6.02. The van der Waals surface area contributed by atoms with E-state index < -0.39 is 0 Å². The molecule has 0 heterocycles. The van der Waals surface area contributed by atoms with Crippen LogP contribution in [0.5, 0.6) is 0 Å². The Labute approximate surface area is 93.0 Å². The maximum absolute atomic E-state index is 5.78. The highest BCUT2D eigenvalue weighted by molar-refractivity contribution is 4.89. The molecule has 0 aliphatic heterocycles. The monoisotopic (exact) mass is 212 g/mol. The molecule has 3 heteroatoms. The van der Waals surface area contributed by atoms with Crippen molar-refractivity contribution >= 4 is 0 Å². The smallest absolute Gasteiger partial charge is 0.0769 e. The zero-order chi connectivity index (χ0) is 11.1. The van der Waals surface area contributed by atoms with E-state index in [4.69, 9.17) is 10.6 Å². The second-order valence-electron chi connectivity index (χ2n) is 4.25. The van der Waals surface area contributed by atoms with Crippen LogP contribution in [0.25, 0.3) is 0 Å². The molecule has 1 saturated carbocycles. The second-order valence-corrected chi connectivity index (χ2v) is 4.25. The molecule has 0 spiro atoms. The summed E-state index contributed by atoms with van der Waals surface area (Å²) in [7, 11) is 0. The average molecular weight is 212 g/mol. The van der Waals surface area contributed by atoms with Crippen LogP contribution in [0.2, 0.25) is 0 Å². The molecule has 1 fully saturated rings. The molecule has 2 unspecified atom stereocenters. The topological polar surface area (TPSA) is 47.3 Å². The number of nitrogens with one attached hydrogen (secondary N) is 1. The van der Waals surface area contributed by atoms with Crippen LogP contribution in [0, 0.1) is 5.92 Å². The predicted molar refractivity (Wildman–Crippen MR) is 63.3 cm³/mol. The van der Waals surface area contributed by atoms with Gasteiger partial charge in [-0.3, -0.25) is 11.3 Å². The first-order chi connectivity index (χ1) is 7.33. The molecule has 1 rings (SSSR count). The largest absolute Gasteiger partial charge is 0.377 e. The molecule has 1 aliphatic carbocycles. The third-order valence-electron chi connectivity index (χ3n) is 2.98. The van der Waals surface area contributed by atoms with Crippen LogP contribution in [0.4, 0.5) is 0 Å². The lowest BCUT2D eigenvalue weighted by molar-refractivity contribution is 0.0165. The van der Waals surface area contributed by atoms with Crippen LogP contribution in [0.1, 0.15) is 39.0 Å². The van der Waals surface area contributed by atoms with Gasteiger partial charge in [0.05, 0.1) is 6.10 Å². The molecule has 0 aromatic carbocycles. The lowest BCUT2D eigenvalue weighted by atomic mass is 10.0. The standard InChI is InChI=1S/C12H24N2O/c1-3-5-6-7-11(14-13)12(15-4-2)10-8-9-10/h3,10-12,14H,1,4-9,13H2,2H3. The average Bonchev–Trinajstić information content (AvgIpc) is 3.06. The van der Waals surface area contributed by atoms with Gasteiger partial charge in [-0.15, -0.1) is 6.58 Å². The van der Waals surface area contributed by atoms with Gasteiger partial charge in [-0.05, 0) is 44.9 Å². The number of rotatable bonds is 9. The summed E-state index contributed by atoms with van der Waals surface area (Å²) in [6.45, 7) is 6.56. The van der Waals surface area contributed by atoms with E-state index in [0.717, 1.165) is 31.8 Å². The number of ether oxygens (including phenoxy) is 1. The van der Waals surface area contributed by atoms with Crippen LogP contribution in [0.3, 0.4) is 0 Å². The van der Waals surface area contributed by atoms with Crippen LogP contribution in [-0.4, -0.2) is 18.8 Å². The van der Waals surface area contributed by atoms with Crippen LogP contribution in [0.15, 0.2) is 12.7 Å². The van der Waals surface area contributed by atoms with E-state index in [-0.39, 0.29) is 0 Å². The minimum atomic E-state index is 0.303. The van der Waals surface area contributed by atoms with Gasteiger partial charge in [0.1, 0.15) is 0 Å². The van der Waals surface area contributed by atoms with Crippen molar-refractivity contribution in [2.75, 3.05) is 6.61 Å². The van der Waals surface area contributed by atoms with Crippen LogP contribution >= 0.6 is 0 Å². The van der Waals surface area contributed by atoms with Crippen molar-refractivity contribution in [1.82, 2.24) is 5.43 Å². The summed E-state index contributed by atoms with van der Waals surface area (Å²) in [6.07, 6.45) is 8.12. The van der Waals surface area contributed by atoms with E-state index in [1.54, 1.807) is 0 Å². The number of hydrogen-bond donors (Lipinski definition) is 2. The zero-order valence-corrected chi connectivity index (χ0v) is 9.74. The van der Waals surface area contributed by atoms with Crippen molar-refractivity contribution in [3.05, 3.63) is 12.7 Å². The maximum atomic E-state index is 5.78. The number of allylic oxidation sites excluding steroid dienone is 1. The Morgan fingerprint density at radius 2 is 2.33 bits per heavy atom. The third kappa shape index (κ3) is 4.33. The van der Waals surface area contributed by atoms with E-state index in [1.807, 2.05) is 13.0 Å². The molecule has 0 saturated heterocycles. The van der Waals surface area contributed by atoms with Gasteiger partial charge >= 0.3 is 0 Å². The summed E-state index contributed by atoms with van der Waals surface area (Å²) < 4.78 is 5.78. The number of nitrogens with two attached hydrogens (primary N) is 1. The van der Waals surface area contributed by atoms with Crippen molar-refractivity contribution in [2.45, 2.75) is 51.2 Å². The highest BCUT2D eigenvalue weighted by Crippen LogP contribution is 2.36. The van der Waals surface area contributed by atoms with Crippen molar-refractivity contribution in [1.29, 1.82) is 0 Å². The fourth-order valence-corrected chi connectivity index (χ4v) is 2.02. The molecule has 2 atom stereocenters. The first kappa shape index (κ1) is 12.7. The fraction of sp³-hybridized carbons (Fsp3) is 0.833. The van der Waals surface area contributed by atoms with E-state index in [0.29, 0.717) is 12.1 Å². The maximum Gasteiger partial charge on any atom is 0.0769 e. The van der Waals surface area contributed by atoms with E-state index in [2.05, 4.69) is 12.0 Å². The first-order valence-electron chi connectivity index (χ1n) is 6.02. The fourth-order valence-electron chi connectivity index (χ4n) is 2.02. The molecule has 88 valence electrons. The minimum Gasteiger partial charge on any atom is -0.377 e. The minimum absolute atomic E-state index is 0.303. The van der Waals surface area contributed by atoms with E-state index >= 15 is 0 Å².